The fraction of sp³-hybridized carbons (Fsp3) is 0.333. The van der Waals surface area contributed by atoms with Gasteiger partial charge in [-0.2, -0.15) is 17.8 Å². The average Bonchev–Trinajstić information content (AvgIpc) is 3.38. The third kappa shape index (κ3) is 4.33. The Morgan fingerprint density at radius 3 is 2.68 bits per heavy atom. The van der Waals surface area contributed by atoms with Crippen molar-refractivity contribution in [2.24, 2.45) is 0 Å². The number of aliphatic hydroxyl groups is 1. The predicted molar refractivity (Wildman–Crippen MR) is 123 cm³/mol. The lowest BCUT2D eigenvalue weighted by Gasteiger charge is -2.23. The Bertz CT molecular complexity index is 1190. The summed E-state index contributed by atoms with van der Waals surface area (Å²) in [6, 6.07) is 8.26. The lowest BCUT2D eigenvalue weighted by Crippen LogP contribution is -2.37. The second-order valence-electron chi connectivity index (χ2n) is 7.56. The fourth-order valence-electron chi connectivity index (χ4n) is 3.83. The van der Waals surface area contributed by atoms with E-state index in [2.05, 4.69) is 10.1 Å². The van der Waals surface area contributed by atoms with Crippen LogP contribution in [0.1, 0.15) is 24.1 Å². The third-order valence-corrected chi connectivity index (χ3v) is 7.42. The Balaban J connectivity index is 0.00000272. The van der Waals surface area contributed by atoms with Crippen molar-refractivity contribution >= 4 is 29.3 Å². The number of rotatable bonds is 5. The summed E-state index contributed by atoms with van der Waals surface area (Å²) in [6.07, 6.45) is 3.02. The van der Waals surface area contributed by atoms with E-state index in [1.165, 1.54) is 4.31 Å². The van der Waals surface area contributed by atoms with Crippen molar-refractivity contribution in [2.75, 3.05) is 18.9 Å². The first kappa shape index (κ1) is 23.3. The van der Waals surface area contributed by atoms with Crippen molar-refractivity contribution in [2.45, 2.75) is 37.6 Å². The number of aryl methyl sites for hydroxylation is 2. The first-order valence-corrected chi connectivity index (χ1v) is 11.2. The molecule has 31 heavy (non-hydrogen) atoms. The lowest BCUT2D eigenvalue weighted by atomic mass is 10.00. The summed E-state index contributed by atoms with van der Waals surface area (Å²) in [7, 11) is -3.71. The van der Waals surface area contributed by atoms with E-state index in [0.717, 1.165) is 28.8 Å². The van der Waals surface area contributed by atoms with Gasteiger partial charge in [0.25, 0.3) is 0 Å². The Hall–Kier alpha value is -2.40. The van der Waals surface area contributed by atoms with Crippen LogP contribution in [0, 0.1) is 13.8 Å². The molecular weight excluding hydrogens is 436 g/mol. The zero-order valence-corrected chi connectivity index (χ0v) is 19.2. The molecule has 0 saturated carbocycles. The van der Waals surface area contributed by atoms with E-state index in [1.807, 2.05) is 19.9 Å². The van der Waals surface area contributed by atoms with E-state index in [0.29, 0.717) is 30.1 Å². The van der Waals surface area contributed by atoms with Gasteiger partial charge in [0, 0.05) is 30.4 Å². The summed E-state index contributed by atoms with van der Waals surface area (Å²) < 4.78 is 33.1. The minimum Gasteiger partial charge on any atom is -0.395 e. The first-order chi connectivity index (χ1) is 14.3. The molecule has 4 rings (SSSR count). The van der Waals surface area contributed by atoms with E-state index >= 15 is 0 Å². The molecule has 0 unspecified atom stereocenters. The maximum atomic E-state index is 13.2. The van der Waals surface area contributed by atoms with Gasteiger partial charge in [0.15, 0.2) is 5.76 Å². The molecule has 0 aliphatic carbocycles. The highest BCUT2D eigenvalue weighted by atomic mass is 32.2. The largest absolute Gasteiger partial charge is 0.395 e. The van der Waals surface area contributed by atoms with Crippen LogP contribution in [0.15, 0.2) is 45.9 Å². The Morgan fingerprint density at radius 1 is 1.23 bits per heavy atom. The summed E-state index contributed by atoms with van der Waals surface area (Å²) in [6.45, 7) is 3.96. The second kappa shape index (κ2) is 8.99. The monoisotopic (exact) mass is 462 g/mol. The molecule has 0 bridgehead atoms. The van der Waals surface area contributed by atoms with E-state index in [-0.39, 0.29) is 31.0 Å². The van der Waals surface area contributed by atoms with E-state index < -0.39 is 10.0 Å². The molecule has 0 amide bonds. The van der Waals surface area contributed by atoms with Crippen molar-refractivity contribution in [1.29, 1.82) is 0 Å². The minimum atomic E-state index is -3.71. The zero-order chi connectivity index (χ0) is 21.5. The van der Waals surface area contributed by atoms with Gasteiger partial charge >= 0.3 is 0 Å². The Morgan fingerprint density at radius 2 is 2.00 bits per heavy atom. The highest BCUT2D eigenvalue weighted by molar-refractivity contribution is 7.89. The van der Waals surface area contributed by atoms with Crippen LogP contribution in [0.25, 0.3) is 22.5 Å². The van der Waals surface area contributed by atoms with Crippen LogP contribution in [0.4, 0.5) is 5.82 Å². The molecule has 0 radical (unpaired) electrons. The van der Waals surface area contributed by atoms with Gasteiger partial charge < -0.3 is 15.4 Å². The van der Waals surface area contributed by atoms with Gasteiger partial charge in [-0.05, 0) is 56.0 Å². The van der Waals surface area contributed by atoms with Gasteiger partial charge in [-0.15, -0.1) is 0 Å². The lowest BCUT2D eigenvalue weighted by molar-refractivity contribution is 0.213. The predicted octanol–water partition coefficient (Wildman–Crippen LogP) is 2.86. The van der Waals surface area contributed by atoms with Crippen LogP contribution < -0.4 is 5.73 Å². The highest BCUT2D eigenvalue weighted by Crippen LogP contribution is 2.34. The first-order valence-electron chi connectivity index (χ1n) is 9.74. The van der Waals surface area contributed by atoms with Gasteiger partial charge in [-0.3, -0.25) is 0 Å². The highest BCUT2D eigenvalue weighted by Gasteiger charge is 2.35. The average molecular weight is 463 g/mol. The quantitative estimate of drug-likeness (QED) is 0.598. The van der Waals surface area contributed by atoms with Crippen LogP contribution in [0.5, 0.6) is 0 Å². The van der Waals surface area contributed by atoms with Gasteiger partial charge in [0.2, 0.25) is 10.0 Å². The van der Waals surface area contributed by atoms with E-state index in [9.17, 15) is 13.5 Å². The molecule has 1 saturated heterocycles. The standard InChI is InChI=1S/C21H24N4O4S.H2S/c1-13-5-6-17(30(27,28)25-7-3-4-16(25)12-26)10-18(13)15-9-19(21(22)23-11-15)20-8-14(2)24-29-20;/h5-6,8-11,16,26H,3-4,7,12H2,1-2H3,(H2,22,23);1H2/t16-;/m0./s1. The van der Waals surface area contributed by atoms with Crippen LogP contribution >= 0.6 is 13.5 Å². The molecule has 1 aliphatic heterocycles. The molecule has 8 nitrogen and oxygen atoms in total. The van der Waals surface area contributed by atoms with E-state index in [1.54, 1.807) is 30.5 Å². The number of nitrogens with zero attached hydrogens (tertiary/aromatic N) is 3. The number of benzene rings is 1. The molecule has 2 aromatic heterocycles. The van der Waals surface area contributed by atoms with Crippen LogP contribution in [-0.2, 0) is 10.0 Å². The molecule has 10 heteroatoms. The third-order valence-electron chi connectivity index (χ3n) is 5.47. The summed E-state index contributed by atoms with van der Waals surface area (Å²) in [5.41, 5.74) is 9.72. The normalized spacial score (nSPS) is 16.9. The van der Waals surface area contributed by atoms with Crippen molar-refractivity contribution in [3.8, 4) is 22.5 Å². The number of aliphatic hydroxyl groups excluding tert-OH is 1. The summed E-state index contributed by atoms with van der Waals surface area (Å²) in [5, 5.41) is 13.4. The van der Waals surface area contributed by atoms with Crippen molar-refractivity contribution in [1.82, 2.24) is 14.4 Å². The number of hydrogen-bond acceptors (Lipinski definition) is 7. The van der Waals surface area contributed by atoms with Gasteiger partial charge in [0.1, 0.15) is 5.82 Å². The van der Waals surface area contributed by atoms with Crippen LogP contribution in [-0.4, -0.2) is 47.2 Å². The van der Waals surface area contributed by atoms with Crippen molar-refractivity contribution < 1.29 is 18.0 Å². The zero-order valence-electron chi connectivity index (χ0n) is 17.4. The number of pyridine rings is 1. The van der Waals surface area contributed by atoms with Crippen molar-refractivity contribution in [3.05, 3.63) is 47.8 Å². The molecule has 0 spiro atoms. The molecule has 3 heterocycles. The van der Waals surface area contributed by atoms with Gasteiger partial charge in [0.05, 0.1) is 22.8 Å². The summed E-state index contributed by atoms with van der Waals surface area (Å²) >= 11 is 0. The summed E-state index contributed by atoms with van der Waals surface area (Å²) in [5.74, 6) is 0.808. The number of anilines is 1. The van der Waals surface area contributed by atoms with Crippen LogP contribution in [0.2, 0.25) is 0 Å². The Labute approximate surface area is 188 Å². The molecule has 1 fully saturated rings. The molecule has 3 aromatic rings. The number of nitrogens with two attached hydrogens (primary N) is 1. The number of nitrogen functional groups attached to an aromatic ring is 1. The molecule has 1 atom stereocenters. The molecule has 1 aromatic carbocycles. The second-order valence-corrected chi connectivity index (χ2v) is 9.45. The maximum Gasteiger partial charge on any atom is 0.243 e. The van der Waals surface area contributed by atoms with E-state index in [4.69, 9.17) is 10.3 Å². The van der Waals surface area contributed by atoms with Gasteiger partial charge in [-0.25, -0.2) is 13.4 Å². The van der Waals surface area contributed by atoms with Crippen LogP contribution in [0.3, 0.4) is 0 Å². The summed E-state index contributed by atoms with van der Waals surface area (Å²) in [4.78, 5) is 4.47. The maximum absolute atomic E-state index is 13.2. The Kier molecular flexibility index (Phi) is 6.75. The smallest absolute Gasteiger partial charge is 0.243 e. The topological polar surface area (TPSA) is 123 Å². The molecule has 3 N–H and O–H groups in total. The molecule has 1 aliphatic rings. The molecular formula is C21H26N4O4S2. The fourth-order valence-corrected chi connectivity index (χ4v) is 5.54. The number of aromatic nitrogens is 2. The number of sulfonamides is 1. The SMILES string of the molecule is Cc1cc(-c2cc(-c3cc(S(=O)(=O)N4CCC[C@H]4CO)ccc3C)cnc2N)on1.S. The van der Waals surface area contributed by atoms with Crippen molar-refractivity contribution in [3.63, 3.8) is 0 Å². The van der Waals surface area contributed by atoms with Gasteiger partial charge in [-0.1, -0.05) is 11.2 Å². The number of hydrogen-bond donors (Lipinski definition) is 2. The molecule has 166 valence electrons. The minimum absolute atomic E-state index is 0.